The zero-order valence-electron chi connectivity index (χ0n) is 6.72. The van der Waals surface area contributed by atoms with Crippen LogP contribution in [-0.4, -0.2) is 25.0 Å². The minimum atomic E-state index is -3.53. The molecule has 0 rings (SSSR count). The van der Waals surface area contributed by atoms with Crippen molar-refractivity contribution < 1.29 is 18.3 Å². The van der Waals surface area contributed by atoms with Crippen LogP contribution in [-0.2, 0) is 9.53 Å². The molecule has 3 nitrogen and oxygen atoms in total. The Morgan fingerprint density at radius 1 is 1.83 bits per heavy atom. The number of carbonyl (C=O) groups excluding carboxylic acids is 1. The molecule has 0 aliphatic rings. The van der Waals surface area contributed by atoms with E-state index >= 15 is 0 Å². The number of halogens is 2. The third-order valence-electron chi connectivity index (χ3n) is 1.28. The molecule has 0 aromatic carbocycles. The highest BCUT2D eigenvalue weighted by Gasteiger charge is 2.40. The Balaban J connectivity index is 4.20. The topological polar surface area (TPSA) is 52.3 Å². The number of esters is 1. The summed E-state index contributed by atoms with van der Waals surface area (Å²) in [5, 5.41) is 0. The lowest BCUT2D eigenvalue weighted by Gasteiger charge is -2.15. The number of hydrogen-bond donors (Lipinski definition) is 1. The van der Waals surface area contributed by atoms with Crippen LogP contribution in [0.3, 0.4) is 0 Å². The fraction of sp³-hybridized carbons (Fsp3) is 0.571. The molecule has 0 bridgehead atoms. The van der Waals surface area contributed by atoms with Crippen LogP contribution < -0.4 is 5.73 Å². The van der Waals surface area contributed by atoms with E-state index < -0.39 is 24.4 Å². The SMILES string of the molecule is C=C[C@H](N)CC(F)(F)C(=O)OC. The van der Waals surface area contributed by atoms with E-state index in [4.69, 9.17) is 5.73 Å². The Morgan fingerprint density at radius 2 is 2.33 bits per heavy atom. The molecule has 0 aromatic heterocycles. The summed E-state index contributed by atoms with van der Waals surface area (Å²) in [6, 6.07) is -0.904. The number of alkyl halides is 2. The van der Waals surface area contributed by atoms with E-state index in [1.807, 2.05) is 0 Å². The molecule has 0 saturated heterocycles. The van der Waals surface area contributed by atoms with Crippen LogP contribution >= 0.6 is 0 Å². The molecule has 12 heavy (non-hydrogen) atoms. The summed E-state index contributed by atoms with van der Waals surface area (Å²) in [5.41, 5.74) is 5.15. The number of rotatable bonds is 4. The Morgan fingerprint density at radius 3 is 2.67 bits per heavy atom. The van der Waals surface area contributed by atoms with E-state index in [1.165, 1.54) is 0 Å². The van der Waals surface area contributed by atoms with Crippen LogP contribution in [0.1, 0.15) is 6.42 Å². The number of nitrogens with two attached hydrogens (primary N) is 1. The molecule has 0 aliphatic heterocycles. The third kappa shape index (κ3) is 2.96. The highest BCUT2D eigenvalue weighted by molar-refractivity contribution is 5.77. The molecule has 1 atom stereocenters. The number of methoxy groups -OCH3 is 1. The summed E-state index contributed by atoms with van der Waals surface area (Å²) in [7, 11) is 0.898. The molecular formula is C7H11F2NO2. The summed E-state index contributed by atoms with van der Waals surface area (Å²) in [6.07, 6.45) is 0.375. The lowest BCUT2D eigenvalue weighted by atomic mass is 10.1. The molecule has 0 unspecified atom stereocenters. The maximum atomic E-state index is 12.7. The van der Waals surface area contributed by atoms with E-state index in [1.54, 1.807) is 0 Å². The van der Waals surface area contributed by atoms with Gasteiger partial charge in [0.1, 0.15) is 0 Å². The molecule has 5 heteroatoms. The van der Waals surface area contributed by atoms with Gasteiger partial charge < -0.3 is 10.5 Å². The molecule has 2 N–H and O–H groups in total. The van der Waals surface area contributed by atoms with Crippen molar-refractivity contribution in [2.24, 2.45) is 5.73 Å². The Bertz CT molecular complexity index is 182. The number of hydrogen-bond acceptors (Lipinski definition) is 3. The van der Waals surface area contributed by atoms with E-state index in [0.29, 0.717) is 0 Å². The zero-order valence-corrected chi connectivity index (χ0v) is 6.72. The van der Waals surface area contributed by atoms with Gasteiger partial charge >= 0.3 is 11.9 Å². The maximum Gasteiger partial charge on any atom is 0.376 e. The van der Waals surface area contributed by atoms with Crippen LogP contribution in [0, 0.1) is 0 Å². The molecule has 0 radical (unpaired) electrons. The van der Waals surface area contributed by atoms with Gasteiger partial charge in [0.05, 0.1) is 7.11 Å². The quantitative estimate of drug-likeness (QED) is 0.510. The fourth-order valence-corrected chi connectivity index (χ4v) is 0.612. The van der Waals surface area contributed by atoms with Gasteiger partial charge in [-0.2, -0.15) is 8.78 Å². The average molecular weight is 179 g/mol. The van der Waals surface area contributed by atoms with Crippen molar-refractivity contribution in [1.29, 1.82) is 0 Å². The molecule has 0 spiro atoms. The van der Waals surface area contributed by atoms with Gasteiger partial charge in [-0.25, -0.2) is 4.79 Å². The first kappa shape index (κ1) is 11.0. The molecule has 0 aliphatic carbocycles. The van der Waals surface area contributed by atoms with Gasteiger partial charge in [0, 0.05) is 12.5 Å². The normalized spacial score (nSPS) is 13.7. The van der Waals surface area contributed by atoms with Gasteiger partial charge in [0.25, 0.3) is 0 Å². The monoisotopic (exact) mass is 179 g/mol. The standard InChI is InChI=1S/C7H11F2NO2/c1-3-5(10)4-7(8,9)6(11)12-2/h3,5H,1,4,10H2,2H3/t5-/m0/s1. The predicted molar refractivity (Wildman–Crippen MR) is 39.8 cm³/mol. The van der Waals surface area contributed by atoms with Crippen molar-refractivity contribution in [3.05, 3.63) is 12.7 Å². The zero-order chi connectivity index (χ0) is 9.78. The largest absolute Gasteiger partial charge is 0.465 e. The van der Waals surface area contributed by atoms with E-state index in [2.05, 4.69) is 11.3 Å². The Hall–Kier alpha value is -0.970. The summed E-state index contributed by atoms with van der Waals surface area (Å²) in [5.74, 6) is -5.10. The third-order valence-corrected chi connectivity index (χ3v) is 1.28. The second-order valence-corrected chi connectivity index (χ2v) is 2.30. The van der Waals surface area contributed by atoms with E-state index in [-0.39, 0.29) is 0 Å². The number of ether oxygens (including phenoxy) is 1. The van der Waals surface area contributed by atoms with Crippen molar-refractivity contribution in [1.82, 2.24) is 0 Å². The summed E-state index contributed by atoms with van der Waals surface area (Å²) < 4.78 is 29.2. The Labute approximate surface area is 69.2 Å². The van der Waals surface area contributed by atoms with E-state index in [0.717, 1.165) is 13.2 Å². The molecule has 0 fully saturated rings. The first-order chi connectivity index (χ1) is 5.44. The summed E-state index contributed by atoms with van der Waals surface area (Å²) in [4.78, 5) is 10.4. The van der Waals surface area contributed by atoms with Gasteiger partial charge in [0.15, 0.2) is 0 Å². The maximum absolute atomic E-state index is 12.7. The van der Waals surface area contributed by atoms with Gasteiger partial charge in [-0.15, -0.1) is 6.58 Å². The second kappa shape index (κ2) is 4.15. The number of carbonyl (C=O) groups is 1. The lowest BCUT2D eigenvalue weighted by molar-refractivity contribution is -0.169. The molecule has 0 aromatic rings. The average Bonchev–Trinajstić information content (AvgIpc) is 2.02. The minimum absolute atomic E-state index is 0.775. The molecule has 0 saturated carbocycles. The van der Waals surface area contributed by atoms with Crippen LogP contribution in [0.4, 0.5) is 8.78 Å². The van der Waals surface area contributed by atoms with Gasteiger partial charge in [-0.05, 0) is 0 Å². The summed E-state index contributed by atoms with van der Waals surface area (Å²) in [6.45, 7) is 3.22. The highest BCUT2D eigenvalue weighted by Crippen LogP contribution is 2.21. The van der Waals surface area contributed by atoms with Crippen molar-refractivity contribution >= 4 is 5.97 Å². The molecule has 70 valence electrons. The molecular weight excluding hydrogens is 168 g/mol. The van der Waals surface area contributed by atoms with Crippen LogP contribution in [0.2, 0.25) is 0 Å². The van der Waals surface area contributed by atoms with Crippen molar-refractivity contribution in [3.8, 4) is 0 Å². The minimum Gasteiger partial charge on any atom is -0.465 e. The first-order valence-electron chi connectivity index (χ1n) is 3.28. The molecule has 0 amide bonds. The van der Waals surface area contributed by atoms with Crippen molar-refractivity contribution in [3.63, 3.8) is 0 Å². The van der Waals surface area contributed by atoms with Crippen LogP contribution in [0.5, 0.6) is 0 Å². The fourth-order valence-electron chi connectivity index (χ4n) is 0.612. The predicted octanol–water partition coefficient (Wildman–Crippen LogP) is 0.698. The van der Waals surface area contributed by atoms with Crippen LogP contribution in [0.25, 0.3) is 0 Å². The first-order valence-corrected chi connectivity index (χ1v) is 3.28. The highest BCUT2D eigenvalue weighted by atomic mass is 19.3. The Kier molecular flexibility index (Phi) is 3.82. The van der Waals surface area contributed by atoms with Crippen molar-refractivity contribution in [2.45, 2.75) is 18.4 Å². The van der Waals surface area contributed by atoms with E-state index in [9.17, 15) is 13.6 Å². The summed E-state index contributed by atoms with van der Waals surface area (Å²) >= 11 is 0. The van der Waals surface area contributed by atoms with Gasteiger partial charge in [0.2, 0.25) is 0 Å². The smallest absolute Gasteiger partial charge is 0.376 e. The van der Waals surface area contributed by atoms with Gasteiger partial charge in [-0.3, -0.25) is 0 Å². The second-order valence-electron chi connectivity index (χ2n) is 2.30. The van der Waals surface area contributed by atoms with Crippen molar-refractivity contribution in [2.75, 3.05) is 7.11 Å². The van der Waals surface area contributed by atoms with Crippen LogP contribution in [0.15, 0.2) is 12.7 Å². The molecule has 0 heterocycles. The van der Waals surface area contributed by atoms with Gasteiger partial charge in [-0.1, -0.05) is 6.08 Å². The lowest BCUT2D eigenvalue weighted by Crippen LogP contribution is -2.36.